The number of furan rings is 1. The quantitative estimate of drug-likeness (QED) is 0.454. The van der Waals surface area contributed by atoms with E-state index in [1.54, 1.807) is 36.5 Å². The number of anilines is 1. The molecule has 3 heterocycles. The summed E-state index contributed by atoms with van der Waals surface area (Å²) in [5, 5.41) is 11.6. The van der Waals surface area contributed by atoms with E-state index in [1.165, 1.54) is 4.90 Å². The molecule has 1 N–H and O–H groups in total. The summed E-state index contributed by atoms with van der Waals surface area (Å²) < 4.78 is 5.74. The first-order chi connectivity index (χ1) is 15.4. The van der Waals surface area contributed by atoms with Crippen molar-refractivity contribution in [1.29, 1.82) is 0 Å². The minimum absolute atomic E-state index is 0.0492. The largest absolute Gasteiger partial charge is 0.503 e. The molecule has 0 fully saturated rings. The highest BCUT2D eigenvalue weighted by molar-refractivity contribution is 6.20. The Morgan fingerprint density at radius 2 is 1.72 bits per heavy atom. The van der Waals surface area contributed by atoms with Gasteiger partial charge < -0.3 is 9.52 Å². The molecule has 6 nitrogen and oxygen atoms in total. The lowest BCUT2D eigenvalue weighted by atomic mass is 9.97. The Hall–Kier alpha value is -4.19. The van der Waals surface area contributed by atoms with Crippen LogP contribution in [0.4, 0.5) is 5.69 Å². The molecule has 2 aromatic heterocycles. The van der Waals surface area contributed by atoms with Gasteiger partial charge >= 0.3 is 0 Å². The molecular weight excluding hydrogens is 404 g/mol. The molecule has 158 valence electrons. The number of hydrogen-bond acceptors (Lipinski definition) is 5. The van der Waals surface area contributed by atoms with Gasteiger partial charge in [0.2, 0.25) is 5.78 Å². The number of pyridine rings is 1. The van der Waals surface area contributed by atoms with Crippen LogP contribution < -0.4 is 4.90 Å². The number of aromatic nitrogens is 1. The number of aliphatic hydroxyl groups is 1. The first-order valence-electron chi connectivity index (χ1n) is 10.2. The summed E-state index contributed by atoms with van der Waals surface area (Å²) in [6.07, 6.45) is 1.60. The van der Waals surface area contributed by atoms with Gasteiger partial charge in [-0.25, -0.2) is 0 Å². The number of nitrogens with zero attached hydrogens (tertiary/aromatic N) is 2. The van der Waals surface area contributed by atoms with Gasteiger partial charge in [-0.1, -0.05) is 30.3 Å². The number of hydrogen-bond donors (Lipinski definition) is 1. The number of carbonyl (C=O) groups is 2. The number of fused-ring (bicyclic) bond motifs is 1. The number of rotatable bonds is 4. The molecule has 0 aliphatic carbocycles. The standard InChI is InChI=1S/C26H20N2O4/c1-15-11-16(2)13-18(12-15)28-23(19-8-5-6-10-27-19)22(25(30)26(28)31)24(29)21-14-17-7-3-4-9-20(17)32-21/h3-14,23,30H,1-2H3. The highest BCUT2D eigenvalue weighted by Crippen LogP contribution is 2.42. The first kappa shape index (κ1) is 19.8. The second-order valence-corrected chi connectivity index (χ2v) is 7.92. The van der Waals surface area contributed by atoms with Gasteiger partial charge in [0.15, 0.2) is 11.5 Å². The highest BCUT2D eigenvalue weighted by atomic mass is 16.3. The van der Waals surface area contributed by atoms with Gasteiger partial charge in [0.1, 0.15) is 11.6 Å². The zero-order valence-corrected chi connectivity index (χ0v) is 17.6. The Morgan fingerprint density at radius 1 is 1.00 bits per heavy atom. The van der Waals surface area contributed by atoms with Crippen molar-refractivity contribution in [1.82, 2.24) is 4.98 Å². The highest BCUT2D eigenvalue weighted by Gasteiger charge is 2.46. The second kappa shape index (κ2) is 7.50. The van der Waals surface area contributed by atoms with Crippen LogP contribution in [0.2, 0.25) is 0 Å². The molecule has 6 heteroatoms. The maximum absolute atomic E-state index is 13.5. The molecule has 1 atom stereocenters. The SMILES string of the molecule is Cc1cc(C)cc(N2C(=O)C(O)=C(C(=O)c3cc4ccccc4o3)C2c2ccccn2)c1. The molecule has 0 saturated heterocycles. The third-order valence-corrected chi connectivity index (χ3v) is 5.55. The monoisotopic (exact) mass is 424 g/mol. The average Bonchev–Trinajstić information content (AvgIpc) is 3.33. The van der Waals surface area contributed by atoms with Gasteiger partial charge in [0, 0.05) is 17.3 Å². The third kappa shape index (κ3) is 3.17. The molecule has 2 aromatic carbocycles. The fourth-order valence-corrected chi connectivity index (χ4v) is 4.24. The van der Waals surface area contributed by atoms with Crippen LogP contribution in [-0.2, 0) is 4.79 Å². The Balaban J connectivity index is 1.67. The van der Waals surface area contributed by atoms with Crippen molar-refractivity contribution in [3.05, 3.63) is 107 Å². The molecule has 32 heavy (non-hydrogen) atoms. The summed E-state index contributed by atoms with van der Waals surface area (Å²) in [5.41, 5.74) is 3.49. The minimum atomic E-state index is -0.884. The third-order valence-electron chi connectivity index (χ3n) is 5.55. The summed E-state index contributed by atoms with van der Waals surface area (Å²) in [6.45, 7) is 3.86. The van der Waals surface area contributed by atoms with Crippen LogP contribution in [0.3, 0.4) is 0 Å². The summed E-state index contributed by atoms with van der Waals surface area (Å²) in [4.78, 5) is 32.6. The normalized spacial score (nSPS) is 16.2. The predicted octanol–water partition coefficient (Wildman–Crippen LogP) is 5.23. The van der Waals surface area contributed by atoms with E-state index in [1.807, 2.05) is 50.2 Å². The van der Waals surface area contributed by atoms with Gasteiger partial charge in [-0.3, -0.25) is 19.5 Å². The van der Waals surface area contributed by atoms with Gasteiger partial charge in [-0.05, 0) is 61.4 Å². The number of ketones is 1. The molecule has 4 aromatic rings. The van der Waals surface area contributed by atoms with Crippen LogP contribution in [0.5, 0.6) is 0 Å². The molecule has 1 amide bonds. The molecule has 1 unspecified atom stereocenters. The average molecular weight is 424 g/mol. The first-order valence-corrected chi connectivity index (χ1v) is 10.2. The van der Waals surface area contributed by atoms with E-state index in [9.17, 15) is 14.7 Å². The number of amides is 1. The van der Waals surface area contributed by atoms with E-state index >= 15 is 0 Å². The molecule has 0 radical (unpaired) electrons. The zero-order chi connectivity index (χ0) is 22.4. The number of benzene rings is 2. The van der Waals surface area contributed by atoms with E-state index in [-0.39, 0.29) is 11.3 Å². The molecule has 5 rings (SSSR count). The van der Waals surface area contributed by atoms with Crippen molar-refractivity contribution in [2.45, 2.75) is 19.9 Å². The van der Waals surface area contributed by atoms with E-state index in [0.717, 1.165) is 16.5 Å². The fourth-order valence-electron chi connectivity index (χ4n) is 4.24. The Labute approximate surface area is 184 Å². The van der Waals surface area contributed by atoms with E-state index in [4.69, 9.17) is 4.42 Å². The van der Waals surface area contributed by atoms with Crippen molar-refractivity contribution >= 4 is 28.3 Å². The van der Waals surface area contributed by atoms with Crippen molar-refractivity contribution in [2.24, 2.45) is 0 Å². The second-order valence-electron chi connectivity index (χ2n) is 7.92. The number of para-hydroxylation sites is 1. The topological polar surface area (TPSA) is 83.6 Å². The van der Waals surface area contributed by atoms with Crippen molar-refractivity contribution in [3.8, 4) is 0 Å². The van der Waals surface area contributed by atoms with E-state index < -0.39 is 23.5 Å². The fraction of sp³-hybridized carbons (Fsp3) is 0.115. The van der Waals surface area contributed by atoms with Crippen LogP contribution >= 0.6 is 0 Å². The van der Waals surface area contributed by atoms with Crippen LogP contribution in [0, 0.1) is 13.8 Å². The van der Waals surface area contributed by atoms with Gasteiger partial charge in [-0.2, -0.15) is 0 Å². The number of aliphatic hydroxyl groups excluding tert-OH is 1. The summed E-state index contributed by atoms with van der Waals surface area (Å²) in [6, 6.07) is 19.0. The van der Waals surface area contributed by atoms with Crippen LogP contribution in [0.25, 0.3) is 11.0 Å². The van der Waals surface area contributed by atoms with E-state index in [0.29, 0.717) is 17.0 Å². The molecular formula is C26H20N2O4. The predicted molar refractivity (Wildman–Crippen MR) is 121 cm³/mol. The molecule has 0 bridgehead atoms. The van der Waals surface area contributed by atoms with Crippen LogP contribution in [0.1, 0.15) is 33.4 Å². The van der Waals surface area contributed by atoms with Crippen molar-refractivity contribution in [3.63, 3.8) is 0 Å². The van der Waals surface area contributed by atoms with Gasteiger partial charge in [0.05, 0.1) is 11.3 Å². The van der Waals surface area contributed by atoms with Crippen molar-refractivity contribution in [2.75, 3.05) is 4.90 Å². The number of Topliss-reactive ketones (excluding diaryl/α,β-unsaturated/α-hetero) is 1. The summed E-state index contributed by atoms with van der Waals surface area (Å²) >= 11 is 0. The minimum Gasteiger partial charge on any atom is -0.503 e. The summed E-state index contributed by atoms with van der Waals surface area (Å²) in [7, 11) is 0. The smallest absolute Gasteiger partial charge is 0.294 e. The lowest BCUT2D eigenvalue weighted by molar-refractivity contribution is -0.117. The maximum atomic E-state index is 13.5. The van der Waals surface area contributed by atoms with Gasteiger partial charge in [0.25, 0.3) is 5.91 Å². The van der Waals surface area contributed by atoms with Gasteiger partial charge in [-0.15, -0.1) is 0 Å². The number of carbonyl (C=O) groups excluding carboxylic acids is 2. The van der Waals surface area contributed by atoms with E-state index in [2.05, 4.69) is 4.98 Å². The molecule has 1 aliphatic rings. The maximum Gasteiger partial charge on any atom is 0.294 e. The molecule has 0 saturated carbocycles. The van der Waals surface area contributed by atoms with Crippen molar-refractivity contribution < 1.29 is 19.1 Å². The van der Waals surface area contributed by atoms with Crippen LogP contribution in [-0.4, -0.2) is 21.8 Å². The zero-order valence-electron chi connectivity index (χ0n) is 17.6. The Morgan fingerprint density at radius 3 is 2.41 bits per heavy atom. The molecule has 0 spiro atoms. The Kier molecular flexibility index (Phi) is 4.63. The lowest BCUT2D eigenvalue weighted by Crippen LogP contribution is -2.31. The number of aryl methyl sites for hydroxylation is 2. The summed E-state index contributed by atoms with van der Waals surface area (Å²) in [5.74, 6) is -1.73. The lowest BCUT2D eigenvalue weighted by Gasteiger charge is -2.26. The van der Waals surface area contributed by atoms with Crippen LogP contribution in [0.15, 0.2) is 88.7 Å². The molecule has 1 aliphatic heterocycles. The Bertz CT molecular complexity index is 1350.